The average molecular weight is 651 g/mol. The van der Waals surface area contributed by atoms with Crippen molar-refractivity contribution >= 4 is 0 Å². The number of rotatable bonds is 6. The van der Waals surface area contributed by atoms with Crippen LogP contribution in [0.2, 0.25) is 0 Å². The van der Waals surface area contributed by atoms with Crippen molar-refractivity contribution in [2.24, 2.45) is 0 Å². The zero-order valence-electron chi connectivity index (χ0n) is 27.6. The molecule has 0 atom stereocenters. The Morgan fingerprint density at radius 3 is 1.55 bits per heavy atom. The Balaban J connectivity index is 1.27. The van der Waals surface area contributed by atoms with Gasteiger partial charge in [-0.25, -0.2) is 15.0 Å². The summed E-state index contributed by atoms with van der Waals surface area (Å²) in [6.45, 7) is 0. The molecule has 51 heavy (non-hydrogen) atoms. The van der Waals surface area contributed by atoms with Crippen LogP contribution >= 0.6 is 0 Å². The second-order valence-electron chi connectivity index (χ2n) is 12.7. The summed E-state index contributed by atoms with van der Waals surface area (Å²) in [5, 5.41) is 9.43. The molecule has 0 spiro atoms. The van der Waals surface area contributed by atoms with E-state index >= 15 is 0 Å². The van der Waals surface area contributed by atoms with Crippen molar-refractivity contribution in [1.29, 1.82) is 5.26 Å². The number of nitrogens with zero attached hydrogens (tertiary/aromatic N) is 4. The van der Waals surface area contributed by atoms with E-state index in [1.54, 1.807) is 0 Å². The van der Waals surface area contributed by atoms with Gasteiger partial charge in [0.15, 0.2) is 17.5 Å². The number of benzene rings is 7. The molecule has 0 N–H and O–H groups in total. The standard InChI is InChI=1S/C47H30N4/c48-31-32-14-12-17-36(30-32)33-26-28-35(29-27-33)45-49-44(34-15-4-1-5-16-34)50-46(51-45)40-23-13-25-42-43(40)39-22-10-11-24-41(39)47(42,37-18-6-2-7-19-37)38-20-8-3-9-21-38/h1-30H. The fraction of sp³-hybridized carbons (Fsp3) is 0.0213. The summed E-state index contributed by atoms with van der Waals surface area (Å²) in [4.78, 5) is 15.4. The predicted octanol–water partition coefficient (Wildman–Crippen LogP) is 10.8. The normalized spacial score (nSPS) is 12.5. The first-order chi connectivity index (χ1) is 25.2. The van der Waals surface area contributed by atoms with Crippen molar-refractivity contribution in [3.05, 3.63) is 210 Å². The van der Waals surface area contributed by atoms with Gasteiger partial charge < -0.3 is 0 Å². The molecule has 8 aromatic rings. The third-order valence-electron chi connectivity index (χ3n) is 9.86. The largest absolute Gasteiger partial charge is 0.208 e. The van der Waals surface area contributed by atoms with E-state index in [1.165, 1.54) is 27.8 Å². The van der Waals surface area contributed by atoms with Crippen LogP contribution in [0.5, 0.6) is 0 Å². The quantitative estimate of drug-likeness (QED) is 0.180. The van der Waals surface area contributed by atoms with Gasteiger partial charge in [0.2, 0.25) is 0 Å². The first-order valence-electron chi connectivity index (χ1n) is 17.0. The van der Waals surface area contributed by atoms with Crippen molar-refractivity contribution in [2.75, 3.05) is 0 Å². The molecule has 0 radical (unpaired) electrons. The minimum Gasteiger partial charge on any atom is -0.208 e. The predicted molar refractivity (Wildman–Crippen MR) is 204 cm³/mol. The highest BCUT2D eigenvalue weighted by molar-refractivity contribution is 5.94. The molecule has 0 fully saturated rings. The zero-order chi connectivity index (χ0) is 34.2. The lowest BCUT2D eigenvalue weighted by atomic mass is 9.67. The topological polar surface area (TPSA) is 62.5 Å². The van der Waals surface area contributed by atoms with E-state index in [4.69, 9.17) is 15.0 Å². The van der Waals surface area contributed by atoms with Crippen LogP contribution in [-0.2, 0) is 5.41 Å². The molecule has 1 aliphatic carbocycles. The van der Waals surface area contributed by atoms with Crippen molar-refractivity contribution in [3.8, 4) is 62.5 Å². The molecule has 0 unspecified atom stereocenters. The Kier molecular flexibility index (Phi) is 7.38. The van der Waals surface area contributed by atoms with Crippen molar-refractivity contribution < 1.29 is 0 Å². The van der Waals surface area contributed by atoms with Crippen molar-refractivity contribution in [3.63, 3.8) is 0 Å². The van der Waals surface area contributed by atoms with Crippen LogP contribution in [0.25, 0.3) is 56.4 Å². The van der Waals surface area contributed by atoms with Crippen LogP contribution in [-0.4, -0.2) is 15.0 Å². The summed E-state index contributed by atoms with van der Waals surface area (Å²) >= 11 is 0. The second kappa shape index (κ2) is 12.5. The molecule has 1 aliphatic rings. The fourth-order valence-electron chi connectivity index (χ4n) is 7.60. The Morgan fingerprint density at radius 1 is 0.392 bits per heavy atom. The lowest BCUT2D eigenvalue weighted by molar-refractivity contribution is 0.768. The van der Waals surface area contributed by atoms with E-state index in [1.807, 2.05) is 66.7 Å². The van der Waals surface area contributed by atoms with Crippen LogP contribution in [0.4, 0.5) is 0 Å². The maximum Gasteiger partial charge on any atom is 0.164 e. The van der Waals surface area contributed by atoms with Crippen LogP contribution in [0.3, 0.4) is 0 Å². The minimum atomic E-state index is -0.527. The maximum atomic E-state index is 9.43. The van der Waals surface area contributed by atoms with Gasteiger partial charge in [0, 0.05) is 16.7 Å². The highest BCUT2D eigenvalue weighted by Gasteiger charge is 2.47. The molecule has 9 rings (SSSR count). The molecular weight excluding hydrogens is 621 g/mol. The Bertz CT molecular complexity index is 2530. The summed E-state index contributed by atoms with van der Waals surface area (Å²) in [5.41, 5.74) is 12.0. The van der Waals surface area contributed by atoms with E-state index in [0.29, 0.717) is 23.0 Å². The molecule has 1 aromatic heterocycles. The molecule has 1 heterocycles. The maximum absolute atomic E-state index is 9.43. The summed E-state index contributed by atoms with van der Waals surface area (Å²) in [7, 11) is 0. The summed E-state index contributed by atoms with van der Waals surface area (Å²) < 4.78 is 0. The third kappa shape index (κ3) is 5.03. The zero-order valence-corrected chi connectivity index (χ0v) is 27.6. The van der Waals surface area contributed by atoms with Gasteiger partial charge >= 0.3 is 0 Å². The van der Waals surface area contributed by atoms with Gasteiger partial charge in [-0.15, -0.1) is 0 Å². The third-order valence-corrected chi connectivity index (χ3v) is 9.86. The molecule has 4 heteroatoms. The first-order valence-corrected chi connectivity index (χ1v) is 17.0. The number of hydrogen-bond donors (Lipinski definition) is 0. The number of fused-ring (bicyclic) bond motifs is 3. The van der Waals surface area contributed by atoms with Crippen LogP contribution in [0.1, 0.15) is 27.8 Å². The van der Waals surface area contributed by atoms with Gasteiger partial charge in [0.05, 0.1) is 17.0 Å². The molecule has 0 bridgehead atoms. The molecule has 0 aliphatic heterocycles. The SMILES string of the molecule is N#Cc1cccc(-c2ccc(-c3nc(-c4ccccc4)nc(-c4cccc5c4-c4ccccc4C5(c4ccccc4)c4ccccc4)n3)cc2)c1. The lowest BCUT2D eigenvalue weighted by Crippen LogP contribution is -2.28. The molecule has 7 aromatic carbocycles. The number of aromatic nitrogens is 3. The second-order valence-corrected chi connectivity index (χ2v) is 12.7. The van der Waals surface area contributed by atoms with Gasteiger partial charge in [-0.1, -0.05) is 170 Å². The van der Waals surface area contributed by atoms with Gasteiger partial charge in [-0.2, -0.15) is 5.26 Å². The average Bonchev–Trinajstić information content (AvgIpc) is 3.53. The lowest BCUT2D eigenvalue weighted by Gasteiger charge is -2.33. The molecular formula is C47H30N4. The van der Waals surface area contributed by atoms with Crippen molar-refractivity contribution in [1.82, 2.24) is 15.0 Å². The smallest absolute Gasteiger partial charge is 0.164 e. The number of hydrogen-bond acceptors (Lipinski definition) is 4. The Labute approximate surface area is 297 Å². The van der Waals surface area contributed by atoms with Gasteiger partial charge in [0.25, 0.3) is 0 Å². The fourth-order valence-corrected chi connectivity index (χ4v) is 7.60. The molecule has 0 amide bonds. The molecule has 4 nitrogen and oxygen atoms in total. The van der Waals surface area contributed by atoms with Crippen LogP contribution < -0.4 is 0 Å². The van der Waals surface area contributed by atoms with Crippen molar-refractivity contribution in [2.45, 2.75) is 5.41 Å². The molecule has 0 saturated heterocycles. The monoisotopic (exact) mass is 650 g/mol. The Morgan fingerprint density at radius 2 is 0.882 bits per heavy atom. The summed E-state index contributed by atoms with van der Waals surface area (Å²) in [6.07, 6.45) is 0. The van der Waals surface area contributed by atoms with Crippen LogP contribution in [0, 0.1) is 11.3 Å². The van der Waals surface area contributed by atoms with Gasteiger partial charge in [-0.3, -0.25) is 0 Å². The van der Waals surface area contributed by atoms with E-state index in [0.717, 1.165) is 33.4 Å². The molecule has 0 saturated carbocycles. The summed E-state index contributed by atoms with van der Waals surface area (Å²) in [5.74, 6) is 1.83. The number of nitriles is 1. The summed E-state index contributed by atoms with van der Waals surface area (Å²) in [6, 6.07) is 65.1. The van der Waals surface area contributed by atoms with E-state index in [9.17, 15) is 5.26 Å². The first kappa shape index (κ1) is 30.1. The molecule has 238 valence electrons. The minimum absolute atomic E-state index is 0.527. The highest BCUT2D eigenvalue weighted by atomic mass is 15.0. The van der Waals surface area contributed by atoms with Gasteiger partial charge in [0.1, 0.15) is 0 Å². The van der Waals surface area contributed by atoms with E-state index in [-0.39, 0.29) is 0 Å². The van der Waals surface area contributed by atoms with Crippen LogP contribution in [0.15, 0.2) is 182 Å². The van der Waals surface area contributed by atoms with E-state index in [2.05, 4.69) is 121 Å². The van der Waals surface area contributed by atoms with Gasteiger partial charge in [-0.05, 0) is 56.6 Å². The highest BCUT2D eigenvalue weighted by Crippen LogP contribution is 2.58. The van der Waals surface area contributed by atoms with E-state index < -0.39 is 5.41 Å². The Hall–Kier alpha value is -6.96.